The first-order valence-electron chi connectivity index (χ1n) is 5.93. The van der Waals surface area contributed by atoms with Crippen LogP contribution in [0.4, 0.5) is 5.69 Å². The van der Waals surface area contributed by atoms with Crippen molar-refractivity contribution in [1.29, 1.82) is 0 Å². The van der Waals surface area contributed by atoms with Gasteiger partial charge in [0.05, 0.1) is 14.2 Å². The van der Waals surface area contributed by atoms with Crippen LogP contribution in [0.3, 0.4) is 0 Å². The molecule has 0 amide bonds. The fourth-order valence-corrected chi connectivity index (χ4v) is 2.73. The van der Waals surface area contributed by atoms with Crippen LogP contribution in [0.25, 0.3) is 0 Å². The SMILES string of the molecule is COc1ccc(N)c(SCc2ccccc2OC)c1. The van der Waals surface area contributed by atoms with Crippen LogP contribution in [-0.2, 0) is 5.75 Å². The van der Waals surface area contributed by atoms with Gasteiger partial charge in [-0.25, -0.2) is 0 Å². The third-order valence-corrected chi connectivity index (χ3v) is 3.92. The Hall–Kier alpha value is -1.81. The van der Waals surface area contributed by atoms with Gasteiger partial charge in [0.1, 0.15) is 11.5 Å². The summed E-state index contributed by atoms with van der Waals surface area (Å²) in [4.78, 5) is 1.02. The van der Waals surface area contributed by atoms with Gasteiger partial charge in [-0.2, -0.15) is 0 Å². The van der Waals surface area contributed by atoms with Crippen molar-refractivity contribution in [2.24, 2.45) is 0 Å². The summed E-state index contributed by atoms with van der Waals surface area (Å²) in [6.45, 7) is 0. The zero-order valence-electron chi connectivity index (χ0n) is 11.1. The van der Waals surface area contributed by atoms with E-state index < -0.39 is 0 Å². The van der Waals surface area contributed by atoms with Gasteiger partial charge in [0.25, 0.3) is 0 Å². The Kier molecular flexibility index (Phi) is 4.58. The maximum Gasteiger partial charge on any atom is 0.122 e. The number of hydrogen-bond acceptors (Lipinski definition) is 4. The summed E-state index contributed by atoms with van der Waals surface area (Å²) in [5.74, 6) is 2.52. The number of para-hydroxylation sites is 1. The molecule has 0 aromatic heterocycles. The van der Waals surface area contributed by atoms with Crippen LogP contribution in [0, 0.1) is 0 Å². The number of nitrogen functional groups attached to an aromatic ring is 1. The molecule has 2 rings (SSSR count). The molecule has 0 saturated carbocycles. The summed E-state index contributed by atoms with van der Waals surface area (Å²) < 4.78 is 10.6. The van der Waals surface area contributed by atoms with E-state index in [-0.39, 0.29) is 0 Å². The minimum atomic E-state index is 0.765. The van der Waals surface area contributed by atoms with Gasteiger partial charge in [0.2, 0.25) is 0 Å². The van der Waals surface area contributed by atoms with E-state index in [9.17, 15) is 0 Å². The molecule has 2 aromatic rings. The Morgan fingerprint density at radius 2 is 1.84 bits per heavy atom. The lowest BCUT2D eigenvalue weighted by atomic mass is 10.2. The van der Waals surface area contributed by atoms with Crippen molar-refractivity contribution in [1.82, 2.24) is 0 Å². The number of hydrogen-bond donors (Lipinski definition) is 1. The first kappa shape index (κ1) is 13.6. The van der Waals surface area contributed by atoms with Crippen LogP contribution in [0.5, 0.6) is 11.5 Å². The molecule has 0 aliphatic rings. The van der Waals surface area contributed by atoms with E-state index in [2.05, 4.69) is 6.07 Å². The van der Waals surface area contributed by atoms with Gasteiger partial charge in [-0.3, -0.25) is 0 Å². The first-order chi connectivity index (χ1) is 9.24. The molecular weight excluding hydrogens is 258 g/mol. The molecule has 0 aliphatic carbocycles. The van der Waals surface area contributed by atoms with Gasteiger partial charge in [0, 0.05) is 21.9 Å². The van der Waals surface area contributed by atoms with Crippen molar-refractivity contribution in [3.63, 3.8) is 0 Å². The van der Waals surface area contributed by atoms with Gasteiger partial charge in [-0.1, -0.05) is 18.2 Å². The Bertz CT molecular complexity index is 558. The average Bonchev–Trinajstić information content (AvgIpc) is 2.46. The molecule has 4 heteroatoms. The lowest BCUT2D eigenvalue weighted by Gasteiger charge is -2.10. The second kappa shape index (κ2) is 6.38. The quantitative estimate of drug-likeness (QED) is 0.669. The Morgan fingerprint density at radius 3 is 2.58 bits per heavy atom. The zero-order chi connectivity index (χ0) is 13.7. The number of thioether (sulfide) groups is 1. The minimum Gasteiger partial charge on any atom is -0.497 e. The third-order valence-electron chi connectivity index (χ3n) is 2.80. The first-order valence-corrected chi connectivity index (χ1v) is 6.91. The molecule has 0 radical (unpaired) electrons. The molecule has 0 spiro atoms. The number of anilines is 1. The highest BCUT2D eigenvalue weighted by Crippen LogP contribution is 2.33. The van der Waals surface area contributed by atoms with Crippen LogP contribution in [-0.4, -0.2) is 14.2 Å². The molecular formula is C15H17NO2S. The highest BCUT2D eigenvalue weighted by molar-refractivity contribution is 7.98. The van der Waals surface area contributed by atoms with E-state index in [0.717, 1.165) is 33.4 Å². The highest BCUT2D eigenvalue weighted by Gasteiger charge is 2.06. The molecule has 2 aromatic carbocycles. The van der Waals surface area contributed by atoms with Crippen molar-refractivity contribution in [3.8, 4) is 11.5 Å². The van der Waals surface area contributed by atoms with Crippen LogP contribution < -0.4 is 15.2 Å². The fraction of sp³-hybridized carbons (Fsp3) is 0.200. The van der Waals surface area contributed by atoms with Crippen molar-refractivity contribution in [2.45, 2.75) is 10.6 Å². The van der Waals surface area contributed by atoms with Crippen LogP contribution in [0.15, 0.2) is 47.4 Å². The van der Waals surface area contributed by atoms with Gasteiger partial charge < -0.3 is 15.2 Å². The summed E-state index contributed by atoms with van der Waals surface area (Å²) in [5, 5.41) is 0. The number of rotatable bonds is 5. The van der Waals surface area contributed by atoms with E-state index >= 15 is 0 Å². The largest absolute Gasteiger partial charge is 0.497 e. The lowest BCUT2D eigenvalue weighted by molar-refractivity contribution is 0.411. The highest BCUT2D eigenvalue weighted by atomic mass is 32.2. The van der Waals surface area contributed by atoms with Crippen molar-refractivity contribution >= 4 is 17.4 Å². The predicted octanol–water partition coefficient (Wildman–Crippen LogP) is 3.58. The average molecular weight is 275 g/mol. The normalized spacial score (nSPS) is 10.2. The molecule has 0 saturated heterocycles. The van der Waals surface area contributed by atoms with Crippen molar-refractivity contribution < 1.29 is 9.47 Å². The lowest BCUT2D eigenvalue weighted by Crippen LogP contribution is -1.92. The molecule has 3 nitrogen and oxygen atoms in total. The maximum absolute atomic E-state index is 5.97. The molecule has 0 fully saturated rings. The second-order valence-electron chi connectivity index (χ2n) is 4.00. The molecule has 100 valence electrons. The molecule has 0 aliphatic heterocycles. The Labute approximate surface area is 117 Å². The van der Waals surface area contributed by atoms with E-state index in [0.29, 0.717) is 0 Å². The number of nitrogens with two attached hydrogens (primary N) is 1. The van der Waals surface area contributed by atoms with E-state index in [1.165, 1.54) is 0 Å². The molecule has 0 atom stereocenters. The van der Waals surface area contributed by atoms with E-state index in [1.807, 2.05) is 36.4 Å². The fourth-order valence-electron chi connectivity index (χ4n) is 1.74. The summed E-state index contributed by atoms with van der Waals surface area (Å²) in [6.07, 6.45) is 0. The molecule has 2 N–H and O–H groups in total. The standard InChI is InChI=1S/C15H17NO2S/c1-17-12-7-8-13(16)15(9-12)19-10-11-5-3-4-6-14(11)18-2/h3-9H,10,16H2,1-2H3. The minimum absolute atomic E-state index is 0.765. The molecule has 0 unspecified atom stereocenters. The van der Waals surface area contributed by atoms with Crippen molar-refractivity contribution in [2.75, 3.05) is 20.0 Å². The summed E-state index contributed by atoms with van der Waals surface area (Å²) in [5.41, 5.74) is 7.89. The Morgan fingerprint density at radius 1 is 1.05 bits per heavy atom. The number of ether oxygens (including phenoxy) is 2. The third kappa shape index (κ3) is 3.35. The van der Waals surface area contributed by atoms with E-state index in [4.69, 9.17) is 15.2 Å². The van der Waals surface area contributed by atoms with Crippen LogP contribution in [0.2, 0.25) is 0 Å². The van der Waals surface area contributed by atoms with Crippen molar-refractivity contribution in [3.05, 3.63) is 48.0 Å². The zero-order valence-corrected chi connectivity index (χ0v) is 11.9. The molecule has 0 heterocycles. The van der Waals surface area contributed by atoms with Gasteiger partial charge >= 0.3 is 0 Å². The van der Waals surface area contributed by atoms with Gasteiger partial charge in [0.15, 0.2) is 0 Å². The maximum atomic E-state index is 5.97. The Balaban J connectivity index is 2.14. The van der Waals surface area contributed by atoms with E-state index in [1.54, 1.807) is 26.0 Å². The molecule has 19 heavy (non-hydrogen) atoms. The van der Waals surface area contributed by atoms with Crippen LogP contribution in [0.1, 0.15) is 5.56 Å². The number of benzene rings is 2. The number of methoxy groups -OCH3 is 2. The smallest absolute Gasteiger partial charge is 0.122 e. The topological polar surface area (TPSA) is 44.5 Å². The second-order valence-corrected chi connectivity index (χ2v) is 5.02. The summed E-state index contributed by atoms with van der Waals surface area (Å²) in [6, 6.07) is 13.7. The molecule has 0 bridgehead atoms. The van der Waals surface area contributed by atoms with Gasteiger partial charge in [-0.15, -0.1) is 11.8 Å². The summed E-state index contributed by atoms with van der Waals surface area (Å²) >= 11 is 1.67. The monoisotopic (exact) mass is 275 g/mol. The van der Waals surface area contributed by atoms with Crippen LogP contribution >= 0.6 is 11.8 Å². The van der Waals surface area contributed by atoms with Gasteiger partial charge in [-0.05, 0) is 24.3 Å². The predicted molar refractivity (Wildman–Crippen MR) is 80.0 cm³/mol. The summed E-state index contributed by atoms with van der Waals surface area (Å²) in [7, 11) is 3.34.